The second kappa shape index (κ2) is 6.57. The predicted molar refractivity (Wildman–Crippen MR) is 81.8 cm³/mol. The molecule has 0 saturated carbocycles. The molecular weight excluding hydrogens is 250 g/mol. The Hall–Kier alpha value is -2.55. The van der Waals surface area contributed by atoms with Crippen molar-refractivity contribution < 1.29 is 9.53 Å². The van der Waals surface area contributed by atoms with Gasteiger partial charge in [0.1, 0.15) is 5.75 Å². The quantitative estimate of drug-likeness (QED) is 0.859. The summed E-state index contributed by atoms with van der Waals surface area (Å²) < 4.78 is 5.11. The Balaban J connectivity index is 1.99. The normalized spacial score (nSPS) is 10.5. The maximum absolute atomic E-state index is 11.8. The van der Waals surface area contributed by atoms with E-state index in [1.165, 1.54) is 11.6 Å². The lowest BCUT2D eigenvalue weighted by atomic mass is 10.1. The third kappa shape index (κ3) is 3.99. The third-order valence-corrected chi connectivity index (χ3v) is 2.84. The van der Waals surface area contributed by atoms with Gasteiger partial charge in [-0.15, -0.1) is 0 Å². The number of ether oxygens (including phenoxy) is 1. The monoisotopic (exact) mass is 267 g/mol. The van der Waals surface area contributed by atoms with Gasteiger partial charge >= 0.3 is 0 Å². The second-order valence-corrected chi connectivity index (χ2v) is 4.47. The highest BCUT2D eigenvalue weighted by molar-refractivity contribution is 6.02. The number of anilines is 1. The average molecular weight is 267 g/mol. The molecule has 0 spiro atoms. The van der Waals surface area contributed by atoms with E-state index in [1.807, 2.05) is 49.4 Å². The van der Waals surface area contributed by atoms with Gasteiger partial charge in [0.15, 0.2) is 0 Å². The van der Waals surface area contributed by atoms with E-state index >= 15 is 0 Å². The molecule has 3 heteroatoms. The summed E-state index contributed by atoms with van der Waals surface area (Å²) in [4.78, 5) is 11.8. The minimum Gasteiger partial charge on any atom is -0.497 e. The van der Waals surface area contributed by atoms with Crippen molar-refractivity contribution in [3.63, 3.8) is 0 Å². The van der Waals surface area contributed by atoms with Crippen LogP contribution in [0.2, 0.25) is 0 Å². The molecule has 20 heavy (non-hydrogen) atoms. The van der Waals surface area contributed by atoms with Crippen LogP contribution in [0.4, 0.5) is 5.69 Å². The lowest BCUT2D eigenvalue weighted by Crippen LogP contribution is -2.07. The highest BCUT2D eigenvalue weighted by Crippen LogP contribution is 2.16. The summed E-state index contributed by atoms with van der Waals surface area (Å²) >= 11 is 0. The van der Waals surface area contributed by atoms with Crippen LogP contribution in [0, 0.1) is 6.92 Å². The summed E-state index contributed by atoms with van der Waals surface area (Å²) in [6.07, 6.45) is 3.30. The van der Waals surface area contributed by atoms with Crippen molar-refractivity contribution in [1.29, 1.82) is 0 Å². The number of aryl methyl sites for hydroxylation is 1. The van der Waals surface area contributed by atoms with Crippen LogP contribution in [0.25, 0.3) is 6.08 Å². The Kier molecular flexibility index (Phi) is 4.56. The molecule has 0 aliphatic carbocycles. The van der Waals surface area contributed by atoms with Crippen LogP contribution in [0.1, 0.15) is 11.1 Å². The zero-order valence-corrected chi connectivity index (χ0v) is 11.6. The third-order valence-electron chi connectivity index (χ3n) is 2.84. The van der Waals surface area contributed by atoms with E-state index < -0.39 is 0 Å². The first kappa shape index (κ1) is 13.9. The van der Waals surface area contributed by atoms with Gasteiger partial charge in [-0.1, -0.05) is 35.9 Å². The molecule has 2 rings (SSSR count). The van der Waals surface area contributed by atoms with Crippen LogP contribution in [-0.4, -0.2) is 13.0 Å². The van der Waals surface area contributed by atoms with Crippen LogP contribution in [-0.2, 0) is 4.79 Å². The molecule has 0 saturated heterocycles. The molecule has 0 atom stereocenters. The summed E-state index contributed by atoms with van der Waals surface area (Å²) in [6, 6.07) is 15.2. The van der Waals surface area contributed by atoms with Crippen LogP contribution in [0.15, 0.2) is 54.6 Å². The molecule has 2 aromatic rings. The molecule has 3 nitrogen and oxygen atoms in total. The maximum atomic E-state index is 11.8. The molecule has 0 aromatic heterocycles. The molecule has 1 N–H and O–H groups in total. The molecule has 0 heterocycles. The SMILES string of the molecule is COc1cccc(NC(=O)C=Cc2ccc(C)cc2)c1. The van der Waals surface area contributed by atoms with Gasteiger partial charge < -0.3 is 10.1 Å². The summed E-state index contributed by atoms with van der Waals surface area (Å²) in [7, 11) is 1.60. The Morgan fingerprint density at radius 3 is 2.60 bits per heavy atom. The van der Waals surface area contributed by atoms with Crippen molar-refractivity contribution in [2.75, 3.05) is 12.4 Å². The van der Waals surface area contributed by atoms with Crippen LogP contribution in [0.5, 0.6) is 5.75 Å². The highest BCUT2D eigenvalue weighted by Gasteiger charge is 1.99. The molecular formula is C17H17NO2. The number of rotatable bonds is 4. The first-order valence-corrected chi connectivity index (χ1v) is 6.37. The molecule has 0 radical (unpaired) electrons. The van der Waals surface area contributed by atoms with Gasteiger partial charge in [-0.05, 0) is 30.7 Å². The van der Waals surface area contributed by atoms with E-state index in [0.717, 1.165) is 5.56 Å². The van der Waals surface area contributed by atoms with Crippen LogP contribution >= 0.6 is 0 Å². The zero-order chi connectivity index (χ0) is 14.4. The van der Waals surface area contributed by atoms with Crippen LogP contribution < -0.4 is 10.1 Å². The first-order valence-electron chi connectivity index (χ1n) is 6.37. The molecule has 0 unspecified atom stereocenters. The van der Waals surface area contributed by atoms with Crippen molar-refractivity contribution in [3.8, 4) is 5.75 Å². The second-order valence-electron chi connectivity index (χ2n) is 4.47. The first-order chi connectivity index (χ1) is 9.67. The van der Waals surface area contributed by atoms with Gasteiger partial charge in [0.2, 0.25) is 5.91 Å². The Morgan fingerprint density at radius 2 is 1.90 bits per heavy atom. The van der Waals surface area contributed by atoms with Gasteiger partial charge in [0, 0.05) is 17.8 Å². The molecule has 2 aromatic carbocycles. The Bertz CT molecular complexity index is 615. The van der Waals surface area contributed by atoms with Gasteiger partial charge in [0.25, 0.3) is 0 Å². The van der Waals surface area contributed by atoms with E-state index in [4.69, 9.17) is 4.74 Å². The minimum absolute atomic E-state index is 0.168. The van der Waals surface area contributed by atoms with E-state index in [9.17, 15) is 4.79 Å². The number of methoxy groups -OCH3 is 1. The number of carbonyl (C=O) groups excluding carboxylic acids is 1. The lowest BCUT2D eigenvalue weighted by Gasteiger charge is -2.04. The standard InChI is InChI=1S/C17H17NO2/c1-13-6-8-14(9-7-13)10-11-17(19)18-15-4-3-5-16(12-15)20-2/h3-12H,1-2H3,(H,18,19). The average Bonchev–Trinajstić information content (AvgIpc) is 2.47. The van der Waals surface area contributed by atoms with E-state index in [1.54, 1.807) is 19.3 Å². The van der Waals surface area contributed by atoms with Crippen molar-refractivity contribution in [2.24, 2.45) is 0 Å². The van der Waals surface area contributed by atoms with Gasteiger partial charge in [-0.3, -0.25) is 4.79 Å². The number of hydrogen-bond acceptors (Lipinski definition) is 2. The highest BCUT2D eigenvalue weighted by atomic mass is 16.5. The largest absolute Gasteiger partial charge is 0.497 e. The topological polar surface area (TPSA) is 38.3 Å². The molecule has 1 amide bonds. The fourth-order valence-electron chi connectivity index (χ4n) is 1.73. The Labute approximate surface area is 118 Å². The van der Waals surface area contributed by atoms with Gasteiger partial charge in [-0.2, -0.15) is 0 Å². The summed E-state index contributed by atoms with van der Waals surface area (Å²) in [5.41, 5.74) is 2.90. The minimum atomic E-state index is -0.168. The van der Waals surface area contributed by atoms with E-state index in [0.29, 0.717) is 11.4 Å². The number of amides is 1. The number of carbonyl (C=O) groups is 1. The predicted octanol–water partition coefficient (Wildman–Crippen LogP) is 3.66. The molecule has 0 bridgehead atoms. The molecule has 0 aliphatic rings. The lowest BCUT2D eigenvalue weighted by molar-refractivity contribution is -0.111. The van der Waals surface area contributed by atoms with Gasteiger partial charge in [0.05, 0.1) is 7.11 Å². The smallest absolute Gasteiger partial charge is 0.248 e. The fourth-order valence-corrected chi connectivity index (χ4v) is 1.73. The van der Waals surface area contributed by atoms with E-state index in [-0.39, 0.29) is 5.91 Å². The summed E-state index contributed by atoms with van der Waals surface area (Å²) in [5, 5.41) is 2.79. The van der Waals surface area contributed by atoms with Crippen molar-refractivity contribution in [3.05, 3.63) is 65.7 Å². The van der Waals surface area contributed by atoms with Crippen molar-refractivity contribution in [2.45, 2.75) is 6.92 Å². The van der Waals surface area contributed by atoms with Crippen LogP contribution in [0.3, 0.4) is 0 Å². The fraction of sp³-hybridized carbons (Fsp3) is 0.118. The number of hydrogen-bond donors (Lipinski definition) is 1. The number of nitrogens with one attached hydrogen (secondary N) is 1. The summed E-state index contributed by atoms with van der Waals surface area (Å²) in [5.74, 6) is 0.546. The maximum Gasteiger partial charge on any atom is 0.248 e. The Morgan fingerprint density at radius 1 is 1.15 bits per heavy atom. The van der Waals surface area contributed by atoms with Crippen molar-refractivity contribution >= 4 is 17.7 Å². The number of benzene rings is 2. The van der Waals surface area contributed by atoms with Crippen molar-refractivity contribution in [1.82, 2.24) is 0 Å². The molecule has 0 fully saturated rings. The molecule has 102 valence electrons. The zero-order valence-electron chi connectivity index (χ0n) is 11.6. The van der Waals surface area contributed by atoms with Gasteiger partial charge in [-0.25, -0.2) is 0 Å². The summed E-state index contributed by atoms with van der Waals surface area (Å²) in [6.45, 7) is 2.03. The van der Waals surface area contributed by atoms with E-state index in [2.05, 4.69) is 5.32 Å². The molecule has 0 aliphatic heterocycles.